The fraction of sp³-hybridized carbons (Fsp3) is 0.500. The van der Waals surface area contributed by atoms with E-state index >= 15 is 0 Å². The molecule has 0 radical (unpaired) electrons. The quantitative estimate of drug-likeness (QED) is 0.768. The average molecular weight is 209 g/mol. The lowest BCUT2D eigenvalue weighted by Crippen LogP contribution is -2.51. The number of nitrogens with zero attached hydrogens (tertiary/aromatic N) is 2. The Morgan fingerprint density at radius 2 is 2.29 bits per heavy atom. The average Bonchev–Trinajstić information content (AvgIpc) is 2.13. The maximum absolute atomic E-state index is 4.31. The summed E-state index contributed by atoms with van der Waals surface area (Å²) in [4.78, 5) is 4.31. The van der Waals surface area contributed by atoms with E-state index in [0.29, 0.717) is 6.04 Å². The topological polar surface area (TPSA) is 28.2 Å². The molecule has 0 spiro atoms. The van der Waals surface area contributed by atoms with Crippen LogP contribution in [0.25, 0.3) is 0 Å². The summed E-state index contributed by atoms with van der Waals surface area (Å²) in [6.07, 6.45) is 4.01. The van der Waals surface area contributed by atoms with E-state index in [-0.39, 0.29) is 0 Å². The van der Waals surface area contributed by atoms with E-state index < -0.39 is 0 Å². The van der Waals surface area contributed by atoms with Crippen molar-refractivity contribution in [3.63, 3.8) is 0 Å². The second-order valence-corrected chi connectivity index (χ2v) is 4.47. The van der Waals surface area contributed by atoms with Crippen LogP contribution in [0.3, 0.4) is 0 Å². The Labute approximate surface area is 89.0 Å². The molecule has 76 valence electrons. The summed E-state index contributed by atoms with van der Waals surface area (Å²) in [6.45, 7) is 4.27. The first-order valence-corrected chi connectivity index (χ1v) is 5.94. The van der Waals surface area contributed by atoms with Gasteiger partial charge in [-0.15, -0.1) is 0 Å². The van der Waals surface area contributed by atoms with Crippen molar-refractivity contribution in [2.75, 3.05) is 24.7 Å². The van der Waals surface area contributed by atoms with Crippen LogP contribution >= 0.6 is 11.9 Å². The highest BCUT2D eigenvalue weighted by Gasteiger charge is 2.25. The lowest BCUT2D eigenvalue weighted by Gasteiger charge is -2.37. The van der Waals surface area contributed by atoms with E-state index in [1.54, 1.807) is 11.9 Å². The minimum atomic E-state index is 0.567. The Balaban J connectivity index is 1.84. The zero-order chi connectivity index (χ0) is 9.97. The Hall–Kier alpha value is -0.740. The Morgan fingerprint density at radius 3 is 2.86 bits per heavy atom. The SMILES string of the molecule is CSN1CC(Nc2ccc(C)cn2)C1. The number of hydrogen-bond acceptors (Lipinski definition) is 4. The highest BCUT2D eigenvalue weighted by molar-refractivity contribution is 7.96. The summed E-state index contributed by atoms with van der Waals surface area (Å²) in [7, 11) is 0. The van der Waals surface area contributed by atoms with Crippen LogP contribution in [0.5, 0.6) is 0 Å². The molecule has 0 bridgehead atoms. The van der Waals surface area contributed by atoms with E-state index in [1.807, 2.05) is 12.3 Å². The molecule has 4 heteroatoms. The molecule has 0 aromatic carbocycles. The van der Waals surface area contributed by atoms with Gasteiger partial charge in [0.1, 0.15) is 5.82 Å². The molecule has 1 aromatic rings. The van der Waals surface area contributed by atoms with Crippen LogP contribution in [0, 0.1) is 6.92 Å². The van der Waals surface area contributed by atoms with Gasteiger partial charge in [-0.2, -0.15) is 0 Å². The second-order valence-electron chi connectivity index (χ2n) is 3.59. The fourth-order valence-corrected chi connectivity index (χ4v) is 2.10. The highest BCUT2D eigenvalue weighted by Crippen LogP contribution is 2.19. The molecule has 14 heavy (non-hydrogen) atoms. The van der Waals surface area contributed by atoms with Crippen molar-refractivity contribution in [2.24, 2.45) is 0 Å². The lowest BCUT2D eigenvalue weighted by molar-refractivity contribution is 0.310. The van der Waals surface area contributed by atoms with Crippen molar-refractivity contribution < 1.29 is 0 Å². The summed E-state index contributed by atoms with van der Waals surface area (Å²) >= 11 is 1.80. The van der Waals surface area contributed by atoms with Gasteiger partial charge in [0.25, 0.3) is 0 Å². The molecular weight excluding hydrogens is 194 g/mol. The van der Waals surface area contributed by atoms with Gasteiger partial charge in [0.2, 0.25) is 0 Å². The molecule has 0 atom stereocenters. The largest absolute Gasteiger partial charge is 0.365 e. The number of anilines is 1. The molecule has 2 heterocycles. The maximum atomic E-state index is 4.31. The molecule has 1 saturated heterocycles. The number of pyridine rings is 1. The van der Waals surface area contributed by atoms with Gasteiger partial charge < -0.3 is 5.32 Å². The third-order valence-corrected chi connectivity index (χ3v) is 3.18. The van der Waals surface area contributed by atoms with Gasteiger partial charge in [0.15, 0.2) is 0 Å². The monoisotopic (exact) mass is 209 g/mol. The van der Waals surface area contributed by atoms with E-state index in [2.05, 4.69) is 33.9 Å². The van der Waals surface area contributed by atoms with Crippen LogP contribution in [0.4, 0.5) is 5.82 Å². The van der Waals surface area contributed by atoms with Gasteiger partial charge in [-0.05, 0) is 24.8 Å². The molecule has 0 unspecified atom stereocenters. The van der Waals surface area contributed by atoms with Gasteiger partial charge in [-0.1, -0.05) is 18.0 Å². The van der Waals surface area contributed by atoms with Crippen molar-refractivity contribution in [1.29, 1.82) is 0 Å². The molecular formula is C10H15N3S. The minimum Gasteiger partial charge on any atom is -0.365 e. The summed E-state index contributed by atoms with van der Waals surface area (Å²) in [6, 6.07) is 4.69. The summed E-state index contributed by atoms with van der Waals surface area (Å²) in [5.41, 5.74) is 1.20. The van der Waals surface area contributed by atoms with Crippen molar-refractivity contribution in [3.05, 3.63) is 23.9 Å². The Morgan fingerprint density at radius 1 is 1.50 bits per heavy atom. The number of aromatic nitrogens is 1. The Bertz CT molecular complexity index is 293. The van der Waals surface area contributed by atoms with Crippen LogP contribution in [-0.2, 0) is 0 Å². The third-order valence-electron chi connectivity index (χ3n) is 2.37. The van der Waals surface area contributed by atoms with Crippen molar-refractivity contribution in [1.82, 2.24) is 9.29 Å². The summed E-state index contributed by atoms with van der Waals surface area (Å²) in [5, 5.41) is 3.40. The summed E-state index contributed by atoms with van der Waals surface area (Å²) < 4.78 is 2.33. The molecule has 1 aromatic heterocycles. The first-order chi connectivity index (χ1) is 6.78. The predicted molar refractivity (Wildman–Crippen MR) is 61.5 cm³/mol. The normalized spacial score (nSPS) is 17.9. The lowest BCUT2D eigenvalue weighted by atomic mass is 10.2. The smallest absolute Gasteiger partial charge is 0.126 e. The molecule has 3 nitrogen and oxygen atoms in total. The first-order valence-electron chi connectivity index (χ1n) is 4.76. The summed E-state index contributed by atoms with van der Waals surface area (Å²) in [5.74, 6) is 0.987. The van der Waals surface area contributed by atoms with Crippen molar-refractivity contribution in [2.45, 2.75) is 13.0 Å². The van der Waals surface area contributed by atoms with E-state index in [4.69, 9.17) is 0 Å². The molecule has 1 aliphatic rings. The fourth-order valence-electron chi connectivity index (χ4n) is 1.44. The maximum Gasteiger partial charge on any atom is 0.126 e. The molecule has 1 N–H and O–H groups in total. The zero-order valence-electron chi connectivity index (χ0n) is 8.53. The van der Waals surface area contributed by atoms with Crippen molar-refractivity contribution in [3.8, 4) is 0 Å². The molecule has 2 rings (SSSR count). The van der Waals surface area contributed by atoms with Gasteiger partial charge in [-0.25, -0.2) is 9.29 Å². The molecule has 0 saturated carbocycles. The van der Waals surface area contributed by atoms with Crippen LogP contribution in [0.2, 0.25) is 0 Å². The molecule has 1 fully saturated rings. The van der Waals surface area contributed by atoms with Gasteiger partial charge in [0.05, 0.1) is 6.04 Å². The standard InChI is InChI=1S/C10H15N3S/c1-8-3-4-10(11-5-8)12-9-6-13(7-9)14-2/h3-5,9H,6-7H2,1-2H3,(H,11,12). The van der Waals surface area contributed by atoms with E-state index in [9.17, 15) is 0 Å². The number of aryl methyl sites for hydroxylation is 1. The molecule has 0 aliphatic carbocycles. The molecule has 1 aliphatic heterocycles. The van der Waals surface area contributed by atoms with Crippen LogP contribution in [0.15, 0.2) is 18.3 Å². The van der Waals surface area contributed by atoms with Gasteiger partial charge >= 0.3 is 0 Å². The van der Waals surface area contributed by atoms with Crippen LogP contribution in [0.1, 0.15) is 5.56 Å². The minimum absolute atomic E-state index is 0.567. The van der Waals surface area contributed by atoms with Crippen LogP contribution in [-0.4, -0.2) is 34.7 Å². The number of rotatable bonds is 3. The first kappa shape index (κ1) is 9.80. The van der Waals surface area contributed by atoms with E-state index in [0.717, 1.165) is 18.9 Å². The molecule has 0 amide bonds. The predicted octanol–water partition coefficient (Wildman–Crippen LogP) is 1.76. The van der Waals surface area contributed by atoms with Crippen LogP contribution < -0.4 is 5.32 Å². The van der Waals surface area contributed by atoms with Crippen molar-refractivity contribution >= 4 is 17.8 Å². The Kier molecular flexibility index (Phi) is 2.93. The van der Waals surface area contributed by atoms with Gasteiger partial charge in [0, 0.05) is 19.3 Å². The number of nitrogens with one attached hydrogen (secondary N) is 1. The third kappa shape index (κ3) is 2.19. The zero-order valence-corrected chi connectivity index (χ0v) is 9.34. The van der Waals surface area contributed by atoms with E-state index in [1.165, 1.54) is 5.56 Å². The highest BCUT2D eigenvalue weighted by atomic mass is 32.2. The van der Waals surface area contributed by atoms with Gasteiger partial charge in [-0.3, -0.25) is 0 Å². The number of hydrogen-bond donors (Lipinski definition) is 1. The second kappa shape index (κ2) is 4.19.